The zero-order valence-corrected chi connectivity index (χ0v) is 16.6. The number of nitrogens with zero attached hydrogens (tertiary/aromatic N) is 1. The minimum absolute atomic E-state index is 0.00889. The summed E-state index contributed by atoms with van der Waals surface area (Å²) in [5.74, 6) is -0.496. The SMILES string of the molecule is O=C(N[C@@H]1CCC[C@H]1OCc1ccccc1)c1csc(Nc2ccc(F)cc2)n1. The van der Waals surface area contributed by atoms with Gasteiger partial charge in [0.1, 0.15) is 11.5 Å². The van der Waals surface area contributed by atoms with Crippen LogP contribution in [0, 0.1) is 5.82 Å². The number of nitrogens with one attached hydrogen (secondary N) is 2. The van der Waals surface area contributed by atoms with Crippen LogP contribution in [0.2, 0.25) is 0 Å². The molecule has 150 valence electrons. The van der Waals surface area contributed by atoms with E-state index in [-0.39, 0.29) is 23.9 Å². The number of carbonyl (C=O) groups excluding carboxylic acids is 1. The van der Waals surface area contributed by atoms with Gasteiger partial charge in [0.05, 0.1) is 18.8 Å². The van der Waals surface area contributed by atoms with Crippen LogP contribution in [0.3, 0.4) is 0 Å². The van der Waals surface area contributed by atoms with Crippen LogP contribution in [0.5, 0.6) is 0 Å². The Morgan fingerprint density at radius 1 is 1.14 bits per heavy atom. The van der Waals surface area contributed by atoms with E-state index in [0.29, 0.717) is 17.4 Å². The topological polar surface area (TPSA) is 63.2 Å². The number of aromatic nitrogens is 1. The van der Waals surface area contributed by atoms with E-state index in [4.69, 9.17) is 4.74 Å². The molecule has 4 rings (SSSR count). The molecular formula is C22H22FN3O2S. The highest BCUT2D eigenvalue weighted by atomic mass is 32.1. The first-order valence-electron chi connectivity index (χ1n) is 9.62. The number of halogens is 1. The summed E-state index contributed by atoms with van der Waals surface area (Å²) in [7, 11) is 0. The highest BCUT2D eigenvalue weighted by Gasteiger charge is 2.30. The van der Waals surface area contributed by atoms with E-state index in [0.717, 1.165) is 30.5 Å². The quantitative estimate of drug-likeness (QED) is 0.581. The maximum Gasteiger partial charge on any atom is 0.271 e. The Morgan fingerprint density at radius 3 is 2.72 bits per heavy atom. The van der Waals surface area contributed by atoms with Gasteiger partial charge in [0.2, 0.25) is 0 Å². The van der Waals surface area contributed by atoms with Crippen molar-refractivity contribution >= 4 is 28.1 Å². The van der Waals surface area contributed by atoms with Gasteiger partial charge < -0.3 is 15.4 Å². The molecule has 2 N–H and O–H groups in total. The zero-order valence-electron chi connectivity index (χ0n) is 15.8. The van der Waals surface area contributed by atoms with Crippen LogP contribution < -0.4 is 10.6 Å². The third-order valence-electron chi connectivity index (χ3n) is 4.91. The second-order valence-electron chi connectivity index (χ2n) is 7.02. The van der Waals surface area contributed by atoms with Crippen molar-refractivity contribution < 1.29 is 13.9 Å². The predicted octanol–water partition coefficient (Wildman–Crippen LogP) is 4.89. The lowest BCUT2D eigenvalue weighted by atomic mass is 10.2. The maximum atomic E-state index is 13.0. The monoisotopic (exact) mass is 411 g/mol. The number of ether oxygens (including phenoxy) is 1. The van der Waals surface area contributed by atoms with Crippen LogP contribution in [0.25, 0.3) is 0 Å². The molecule has 0 aliphatic heterocycles. The van der Waals surface area contributed by atoms with E-state index < -0.39 is 0 Å². The number of rotatable bonds is 7. The normalized spacial score (nSPS) is 18.5. The molecule has 0 saturated heterocycles. The second kappa shape index (κ2) is 9.15. The largest absolute Gasteiger partial charge is 0.371 e. The number of amides is 1. The van der Waals surface area contributed by atoms with E-state index in [2.05, 4.69) is 15.6 Å². The van der Waals surface area contributed by atoms with Gasteiger partial charge in [-0.15, -0.1) is 11.3 Å². The maximum absolute atomic E-state index is 13.0. The molecule has 2 aromatic carbocycles. The van der Waals surface area contributed by atoms with Crippen molar-refractivity contribution in [2.45, 2.75) is 38.0 Å². The summed E-state index contributed by atoms with van der Waals surface area (Å²) in [5, 5.41) is 8.46. The fourth-order valence-corrected chi connectivity index (χ4v) is 4.11. The molecule has 1 aliphatic carbocycles. The molecule has 29 heavy (non-hydrogen) atoms. The van der Waals surface area contributed by atoms with E-state index >= 15 is 0 Å². The smallest absolute Gasteiger partial charge is 0.271 e. The van der Waals surface area contributed by atoms with Crippen LogP contribution in [0.1, 0.15) is 35.3 Å². The molecule has 1 fully saturated rings. The number of hydrogen-bond acceptors (Lipinski definition) is 5. The summed E-state index contributed by atoms with van der Waals surface area (Å²) in [5.41, 5.74) is 2.21. The molecule has 5 nitrogen and oxygen atoms in total. The van der Waals surface area contributed by atoms with E-state index in [1.165, 1.54) is 23.5 Å². The van der Waals surface area contributed by atoms with Crippen LogP contribution in [-0.2, 0) is 11.3 Å². The zero-order chi connectivity index (χ0) is 20.1. The van der Waals surface area contributed by atoms with Gasteiger partial charge in [0, 0.05) is 11.1 Å². The molecular weight excluding hydrogens is 389 g/mol. The van der Waals surface area contributed by atoms with Crippen LogP contribution in [-0.4, -0.2) is 23.0 Å². The summed E-state index contributed by atoms with van der Waals surface area (Å²) in [6.45, 7) is 0.542. The lowest BCUT2D eigenvalue weighted by molar-refractivity contribution is 0.0271. The Hall–Kier alpha value is -2.77. The number of anilines is 2. The lowest BCUT2D eigenvalue weighted by Crippen LogP contribution is -2.41. The molecule has 0 radical (unpaired) electrons. The summed E-state index contributed by atoms with van der Waals surface area (Å²) in [6, 6.07) is 16.0. The van der Waals surface area contributed by atoms with Crippen LogP contribution in [0.4, 0.5) is 15.2 Å². The fraction of sp³-hybridized carbons (Fsp3) is 0.273. The van der Waals surface area contributed by atoms with Crippen molar-refractivity contribution in [2.24, 2.45) is 0 Å². The number of thiazole rings is 1. The fourth-order valence-electron chi connectivity index (χ4n) is 3.40. The van der Waals surface area contributed by atoms with Crippen molar-refractivity contribution in [3.63, 3.8) is 0 Å². The number of benzene rings is 2. The van der Waals surface area contributed by atoms with Crippen molar-refractivity contribution in [2.75, 3.05) is 5.32 Å². The van der Waals surface area contributed by atoms with Gasteiger partial charge in [-0.1, -0.05) is 30.3 Å². The first kappa shape index (κ1) is 19.5. The van der Waals surface area contributed by atoms with Gasteiger partial charge in [-0.05, 0) is 49.1 Å². The average Bonchev–Trinajstić information content (AvgIpc) is 3.38. The molecule has 7 heteroatoms. The third kappa shape index (κ3) is 5.19. The van der Waals surface area contributed by atoms with Gasteiger partial charge in [0.15, 0.2) is 5.13 Å². The van der Waals surface area contributed by atoms with Crippen molar-refractivity contribution in [1.29, 1.82) is 0 Å². The Labute approximate surface area is 172 Å². The average molecular weight is 412 g/mol. The molecule has 1 saturated carbocycles. The molecule has 1 amide bonds. The highest BCUT2D eigenvalue weighted by Crippen LogP contribution is 2.25. The lowest BCUT2D eigenvalue weighted by Gasteiger charge is -2.21. The molecule has 0 bridgehead atoms. The summed E-state index contributed by atoms with van der Waals surface area (Å²) < 4.78 is 19.1. The minimum Gasteiger partial charge on any atom is -0.371 e. The molecule has 2 atom stereocenters. The van der Waals surface area contributed by atoms with Gasteiger partial charge in [0.25, 0.3) is 5.91 Å². The summed E-state index contributed by atoms with van der Waals surface area (Å²) >= 11 is 1.34. The molecule has 3 aromatic rings. The van der Waals surface area contributed by atoms with E-state index in [1.54, 1.807) is 17.5 Å². The van der Waals surface area contributed by atoms with Gasteiger partial charge >= 0.3 is 0 Å². The van der Waals surface area contributed by atoms with Crippen LogP contribution in [0.15, 0.2) is 60.0 Å². The molecule has 1 aliphatic rings. The van der Waals surface area contributed by atoms with Crippen molar-refractivity contribution in [3.8, 4) is 0 Å². The second-order valence-corrected chi connectivity index (χ2v) is 7.87. The Balaban J connectivity index is 1.32. The summed E-state index contributed by atoms with van der Waals surface area (Å²) in [6.07, 6.45) is 2.87. The Bertz CT molecular complexity index is 946. The Morgan fingerprint density at radius 2 is 1.93 bits per heavy atom. The number of carbonyl (C=O) groups is 1. The van der Waals surface area contributed by atoms with Crippen LogP contribution >= 0.6 is 11.3 Å². The predicted molar refractivity (Wildman–Crippen MR) is 112 cm³/mol. The highest BCUT2D eigenvalue weighted by molar-refractivity contribution is 7.14. The van der Waals surface area contributed by atoms with Crippen molar-refractivity contribution in [1.82, 2.24) is 10.3 Å². The first-order chi connectivity index (χ1) is 14.2. The molecule has 0 spiro atoms. The minimum atomic E-state index is -0.296. The van der Waals surface area contributed by atoms with Gasteiger partial charge in [-0.3, -0.25) is 4.79 Å². The number of hydrogen-bond donors (Lipinski definition) is 2. The van der Waals surface area contributed by atoms with Crippen molar-refractivity contribution in [3.05, 3.63) is 77.1 Å². The molecule has 1 aromatic heterocycles. The molecule has 1 heterocycles. The summed E-state index contributed by atoms with van der Waals surface area (Å²) in [4.78, 5) is 17.0. The standard InChI is InChI=1S/C22H22FN3O2S/c23-16-9-11-17(12-10-16)24-22-26-19(14-29-22)21(27)25-18-7-4-8-20(18)28-13-15-5-2-1-3-6-15/h1-3,5-6,9-12,14,18,20H,4,7-8,13H2,(H,24,26)(H,25,27)/t18-,20-/m1/s1. The molecule has 0 unspecified atom stereocenters. The first-order valence-corrected chi connectivity index (χ1v) is 10.5. The van der Waals surface area contributed by atoms with E-state index in [9.17, 15) is 9.18 Å². The van der Waals surface area contributed by atoms with Gasteiger partial charge in [-0.2, -0.15) is 0 Å². The van der Waals surface area contributed by atoms with Gasteiger partial charge in [-0.25, -0.2) is 9.37 Å². The third-order valence-corrected chi connectivity index (χ3v) is 5.67. The van der Waals surface area contributed by atoms with E-state index in [1.807, 2.05) is 30.3 Å². The Kier molecular flexibility index (Phi) is 6.17.